The van der Waals surface area contributed by atoms with Crippen molar-refractivity contribution >= 4 is 0 Å². The minimum absolute atomic E-state index is 0.122. The molecule has 90 valence electrons. The van der Waals surface area contributed by atoms with Crippen molar-refractivity contribution in [3.8, 4) is 0 Å². The second kappa shape index (κ2) is 5.80. The summed E-state index contributed by atoms with van der Waals surface area (Å²) >= 11 is 0. The maximum Gasteiger partial charge on any atom is 0.0610 e. The van der Waals surface area contributed by atoms with Crippen LogP contribution >= 0.6 is 0 Å². The van der Waals surface area contributed by atoms with Crippen molar-refractivity contribution in [3.63, 3.8) is 0 Å². The van der Waals surface area contributed by atoms with Gasteiger partial charge >= 0.3 is 0 Å². The lowest BCUT2D eigenvalue weighted by molar-refractivity contribution is 0.120. The van der Waals surface area contributed by atoms with Crippen molar-refractivity contribution in [2.24, 2.45) is 0 Å². The quantitative estimate of drug-likeness (QED) is 0.654. The Morgan fingerprint density at radius 1 is 1.27 bits per heavy atom. The first kappa shape index (κ1) is 12.9. The molecule has 0 aliphatic carbocycles. The summed E-state index contributed by atoms with van der Waals surface area (Å²) < 4.78 is 0. The Balaban J connectivity index is 2.24. The smallest absolute Gasteiger partial charge is 0.0610 e. The molecule has 0 bridgehead atoms. The maximum absolute atomic E-state index is 9.27. The van der Waals surface area contributed by atoms with E-state index in [9.17, 15) is 5.11 Å². The van der Waals surface area contributed by atoms with Crippen molar-refractivity contribution in [1.82, 2.24) is 15.1 Å². The standard InChI is InChI=1S/C11H25N3O/c1-11(10-15,12-2)4-5-14-8-6-13(3)7-9-14/h12,15H,4-10H2,1-3H3. The molecule has 0 saturated carbocycles. The fourth-order valence-corrected chi connectivity index (χ4v) is 1.76. The zero-order chi connectivity index (χ0) is 11.3. The molecule has 0 amide bonds. The van der Waals surface area contributed by atoms with Gasteiger partial charge in [-0.25, -0.2) is 0 Å². The predicted molar refractivity (Wildman–Crippen MR) is 63.1 cm³/mol. The number of nitrogens with zero attached hydrogens (tertiary/aromatic N) is 2. The van der Waals surface area contributed by atoms with E-state index in [1.54, 1.807) is 0 Å². The van der Waals surface area contributed by atoms with Crippen LogP contribution in [-0.4, -0.2) is 73.9 Å². The summed E-state index contributed by atoms with van der Waals surface area (Å²) in [5.41, 5.74) is -0.122. The summed E-state index contributed by atoms with van der Waals surface area (Å²) in [6, 6.07) is 0. The average molecular weight is 215 g/mol. The minimum Gasteiger partial charge on any atom is -0.394 e. The molecule has 0 aromatic heterocycles. The van der Waals surface area contributed by atoms with E-state index in [1.165, 1.54) is 0 Å². The summed E-state index contributed by atoms with van der Waals surface area (Å²) in [4.78, 5) is 4.84. The second-order valence-electron chi connectivity index (χ2n) is 4.86. The maximum atomic E-state index is 9.27. The summed E-state index contributed by atoms with van der Waals surface area (Å²) in [7, 11) is 4.09. The lowest BCUT2D eigenvalue weighted by atomic mass is 9.99. The van der Waals surface area contributed by atoms with Crippen molar-refractivity contribution < 1.29 is 5.11 Å². The fourth-order valence-electron chi connectivity index (χ4n) is 1.76. The number of aliphatic hydroxyl groups excluding tert-OH is 1. The molecular formula is C11H25N3O. The van der Waals surface area contributed by atoms with Gasteiger partial charge in [0.2, 0.25) is 0 Å². The molecule has 2 N–H and O–H groups in total. The summed E-state index contributed by atoms with van der Waals surface area (Å²) in [6.45, 7) is 7.99. The average Bonchev–Trinajstić information content (AvgIpc) is 2.28. The summed E-state index contributed by atoms with van der Waals surface area (Å²) in [5.74, 6) is 0. The number of rotatable bonds is 5. The van der Waals surface area contributed by atoms with Gasteiger partial charge in [0.25, 0.3) is 0 Å². The number of hydrogen-bond acceptors (Lipinski definition) is 4. The molecule has 4 nitrogen and oxygen atoms in total. The SMILES string of the molecule is CNC(C)(CO)CCN1CCN(C)CC1. The molecule has 1 unspecified atom stereocenters. The highest BCUT2D eigenvalue weighted by atomic mass is 16.3. The molecule has 0 aromatic carbocycles. The molecule has 0 spiro atoms. The third-order valence-corrected chi connectivity index (χ3v) is 3.53. The third kappa shape index (κ3) is 4.07. The third-order valence-electron chi connectivity index (χ3n) is 3.53. The molecule has 0 radical (unpaired) electrons. The Bertz CT molecular complexity index is 175. The highest BCUT2D eigenvalue weighted by Crippen LogP contribution is 2.10. The van der Waals surface area contributed by atoms with E-state index in [2.05, 4.69) is 29.1 Å². The van der Waals surface area contributed by atoms with E-state index < -0.39 is 0 Å². The van der Waals surface area contributed by atoms with Crippen LogP contribution in [0, 0.1) is 0 Å². The van der Waals surface area contributed by atoms with Crippen LogP contribution < -0.4 is 5.32 Å². The topological polar surface area (TPSA) is 38.7 Å². The highest BCUT2D eigenvalue weighted by Gasteiger charge is 2.22. The Morgan fingerprint density at radius 2 is 1.87 bits per heavy atom. The molecular weight excluding hydrogens is 190 g/mol. The van der Waals surface area contributed by atoms with Gasteiger partial charge in [0.1, 0.15) is 0 Å². The zero-order valence-electron chi connectivity index (χ0n) is 10.3. The number of piperazine rings is 1. The van der Waals surface area contributed by atoms with Crippen molar-refractivity contribution in [1.29, 1.82) is 0 Å². The molecule has 1 fully saturated rings. The molecule has 1 aliphatic heterocycles. The van der Waals surface area contributed by atoms with E-state index in [4.69, 9.17) is 0 Å². The largest absolute Gasteiger partial charge is 0.394 e. The molecule has 1 atom stereocenters. The van der Waals surface area contributed by atoms with Crippen LogP contribution in [0.25, 0.3) is 0 Å². The summed E-state index contributed by atoms with van der Waals surface area (Å²) in [6.07, 6.45) is 1.00. The minimum atomic E-state index is -0.122. The van der Waals surface area contributed by atoms with E-state index >= 15 is 0 Å². The van der Waals surface area contributed by atoms with E-state index in [1.807, 2.05) is 7.05 Å². The molecule has 1 heterocycles. The molecule has 1 aliphatic rings. The Morgan fingerprint density at radius 3 is 2.33 bits per heavy atom. The van der Waals surface area contributed by atoms with Crippen LogP contribution in [0.3, 0.4) is 0 Å². The van der Waals surface area contributed by atoms with Crippen LogP contribution in [-0.2, 0) is 0 Å². The highest BCUT2D eigenvalue weighted by molar-refractivity contribution is 4.82. The number of likely N-dealkylation sites (N-methyl/N-ethyl adjacent to an activating group) is 2. The lowest BCUT2D eigenvalue weighted by Gasteiger charge is -2.35. The number of aliphatic hydroxyl groups is 1. The van der Waals surface area contributed by atoms with Crippen molar-refractivity contribution in [2.75, 3.05) is 53.4 Å². The van der Waals surface area contributed by atoms with Gasteiger partial charge < -0.3 is 20.2 Å². The first-order valence-electron chi connectivity index (χ1n) is 5.80. The number of hydrogen-bond donors (Lipinski definition) is 2. The lowest BCUT2D eigenvalue weighted by Crippen LogP contribution is -2.49. The van der Waals surface area contributed by atoms with Crippen molar-refractivity contribution in [3.05, 3.63) is 0 Å². The van der Waals surface area contributed by atoms with Crippen LogP contribution in [0.2, 0.25) is 0 Å². The molecule has 1 saturated heterocycles. The second-order valence-corrected chi connectivity index (χ2v) is 4.86. The number of nitrogens with one attached hydrogen (secondary N) is 1. The van der Waals surface area contributed by atoms with Crippen LogP contribution in [0.4, 0.5) is 0 Å². The van der Waals surface area contributed by atoms with E-state index in [0.29, 0.717) is 0 Å². The van der Waals surface area contributed by atoms with Gasteiger partial charge in [-0.2, -0.15) is 0 Å². The first-order valence-corrected chi connectivity index (χ1v) is 5.80. The molecule has 15 heavy (non-hydrogen) atoms. The van der Waals surface area contributed by atoms with Crippen LogP contribution in [0.15, 0.2) is 0 Å². The van der Waals surface area contributed by atoms with Gasteiger partial charge in [-0.05, 0) is 27.4 Å². The van der Waals surface area contributed by atoms with Gasteiger partial charge in [-0.15, -0.1) is 0 Å². The van der Waals surface area contributed by atoms with Gasteiger partial charge in [-0.1, -0.05) is 0 Å². The molecule has 0 aromatic rings. The fraction of sp³-hybridized carbons (Fsp3) is 1.00. The van der Waals surface area contributed by atoms with Gasteiger partial charge in [-0.3, -0.25) is 0 Å². The normalized spacial score (nSPS) is 24.0. The van der Waals surface area contributed by atoms with Gasteiger partial charge in [0.15, 0.2) is 0 Å². The first-order chi connectivity index (χ1) is 7.09. The Labute approximate surface area is 93.2 Å². The molecule has 1 rings (SSSR count). The monoisotopic (exact) mass is 215 g/mol. The summed E-state index contributed by atoms with van der Waals surface area (Å²) in [5, 5.41) is 12.5. The van der Waals surface area contributed by atoms with E-state index in [0.717, 1.165) is 39.1 Å². The van der Waals surface area contributed by atoms with Gasteiger partial charge in [0.05, 0.1) is 6.61 Å². The van der Waals surface area contributed by atoms with E-state index in [-0.39, 0.29) is 12.1 Å². The zero-order valence-corrected chi connectivity index (χ0v) is 10.3. The molecule has 4 heteroatoms. The Hall–Kier alpha value is -0.160. The van der Waals surface area contributed by atoms with Gasteiger partial charge in [0, 0.05) is 38.3 Å². The Kier molecular flexibility index (Phi) is 4.99. The van der Waals surface area contributed by atoms with Crippen LogP contribution in [0.5, 0.6) is 0 Å². The van der Waals surface area contributed by atoms with Crippen LogP contribution in [0.1, 0.15) is 13.3 Å². The van der Waals surface area contributed by atoms with Crippen molar-refractivity contribution in [2.45, 2.75) is 18.9 Å². The predicted octanol–water partition coefficient (Wildman–Crippen LogP) is -0.406.